The van der Waals surface area contributed by atoms with Crippen molar-refractivity contribution in [1.29, 1.82) is 0 Å². The molecular formula is C16H19ClN2O3S. The Kier molecular flexibility index (Phi) is 5.73. The van der Waals surface area contributed by atoms with E-state index >= 15 is 0 Å². The number of nitrogens with one attached hydrogen (secondary N) is 1. The maximum absolute atomic E-state index is 12.5. The van der Waals surface area contributed by atoms with Crippen molar-refractivity contribution in [1.82, 2.24) is 10.5 Å². The molecule has 124 valence electrons. The highest BCUT2D eigenvalue weighted by Gasteiger charge is 2.26. The summed E-state index contributed by atoms with van der Waals surface area (Å²) in [5.74, 6) is 0.578. The van der Waals surface area contributed by atoms with E-state index in [-0.39, 0.29) is 12.5 Å². The number of amides is 1. The number of hydrogen-bond donors (Lipinski definition) is 2. The largest absolute Gasteiger partial charge is 0.387 e. The molecule has 0 aliphatic carbocycles. The first-order chi connectivity index (χ1) is 10.9. The second kappa shape index (κ2) is 7.38. The lowest BCUT2D eigenvalue weighted by molar-refractivity contribution is 0.0724. The summed E-state index contributed by atoms with van der Waals surface area (Å²) in [7, 11) is 0. The van der Waals surface area contributed by atoms with Crippen molar-refractivity contribution >= 4 is 29.3 Å². The van der Waals surface area contributed by atoms with Crippen molar-refractivity contribution in [3.8, 4) is 11.3 Å². The summed E-state index contributed by atoms with van der Waals surface area (Å²) >= 11 is 7.69. The molecule has 1 unspecified atom stereocenters. The molecule has 0 fully saturated rings. The number of aliphatic hydroxyl groups is 1. The van der Waals surface area contributed by atoms with E-state index in [2.05, 4.69) is 10.5 Å². The number of nitrogens with zero attached hydrogens (tertiary/aromatic N) is 1. The number of thioether (sulfide) groups is 1. The fraction of sp³-hybridized carbons (Fsp3) is 0.375. The van der Waals surface area contributed by atoms with E-state index in [4.69, 9.17) is 16.1 Å². The molecule has 0 spiro atoms. The third kappa shape index (κ3) is 4.28. The van der Waals surface area contributed by atoms with Crippen LogP contribution < -0.4 is 5.32 Å². The fourth-order valence-corrected chi connectivity index (χ4v) is 3.15. The van der Waals surface area contributed by atoms with E-state index in [1.807, 2.05) is 12.3 Å². The van der Waals surface area contributed by atoms with Crippen molar-refractivity contribution in [3.05, 3.63) is 40.6 Å². The Bertz CT molecular complexity index is 700. The summed E-state index contributed by atoms with van der Waals surface area (Å²) < 4.78 is 5.17. The van der Waals surface area contributed by atoms with Crippen LogP contribution in [0.5, 0.6) is 0 Å². The minimum Gasteiger partial charge on any atom is -0.387 e. The first-order valence-corrected chi connectivity index (χ1v) is 8.83. The third-order valence-corrected chi connectivity index (χ3v) is 4.54. The molecule has 23 heavy (non-hydrogen) atoms. The van der Waals surface area contributed by atoms with Gasteiger partial charge in [-0.2, -0.15) is 11.8 Å². The lowest BCUT2D eigenvalue weighted by Gasteiger charge is -2.22. The molecule has 5 nitrogen and oxygen atoms in total. The molecule has 0 aliphatic heterocycles. The van der Waals surface area contributed by atoms with Crippen LogP contribution in [0, 0.1) is 6.92 Å². The average molecular weight is 355 g/mol. The van der Waals surface area contributed by atoms with Crippen molar-refractivity contribution in [2.45, 2.75) is 19.4 Å². The van der Waals surface area contributed by atoms with E-state index in [1.165, 1.54) is 11.8 Å². The van der Waals surface area contributed by atoms with E-state index in [0.29, 0.717) is 33.4 Å². The Morgan fingerprint density at radius 3 is 2.83 bits per heavy atom. The first kappa shape index (κ1) is 17.8. The standard InChI is InChI=1S/C16H19ClN2O3S/c1-10-13(15(20)18-8-16(2,21)9-23-3)14(19-22-10)11-6-4-5-7-12(11)17/h4-7,21H,8-9H2,1-3H3,(H,18,20). The maximum atomic E-state index is 12.5. The van der Waals surface area contributed by atoms with Gasteiger partial charge in [0.25, 0.3) is 5.91 Å². The number of aromatic nitrogens is 1. The number of carbonyl (C=O) groups is 1. The average Bonchev–Trinajstić information content (AvgIpc) is 2.87. The molecule has 1 heterocycles. The smallest absolute Gasteiger partial charge is 0.257 e. The molecule has 1 aromatic heterocycles. The predicted molar refractivity (Wildman–Crippen MR) is 93.0 cm³/mol. The van der Waals surface area contributed by atoms with Crippen molar-refractivity contribution in [2.24, 2.45) is 0 Å². The van der Waals surface area contributed by atoms with Gasteiger partial charge in [0.05, 0.1) is 10.6 Å². The van der Waals surface area contributed by atoms with Gasteiger partial charge < -0.3 is 14.9 Å². The molecule has 2 aromatic rings. The minimum absolute atomic E-state index is 0.138. The van der Waals surface area contributed by atoms with Crippen LogP contribution in [0.3, 0.4) is 0 Å². The fourth-order valence-electron chi connectivity index (χ4n) is 2.20. The van der Waals surface area contributed by atoms with Gasteiger partial charge in [0.2, 0.25) is 0 Å². The molecule has 1 amide bonds. The Labute approximate surface area is 144 Å². The van der Waals surface area contributed by atoms with Gasteiger partial charge in [0.15, 0.2) is 0 Å². The Morgan fingerprint density at radius 1 is 1.48 bits per heavy atom. The summed E-state index contributed by atoms with van der Waals surface area (Å²) in [5, 5.41) is 17.4. The van der Waals surface area contributed by atoms with Gasteiger partial charge in [-0.1, -0.05) is 35.0 Å². The molecule has 0 bridgehead atoms. The van der Waals surface area contributed by atoms with Crippen LogP contribution in [-0.2, 0) is 0 Å². The first-order valence-electron chi connectivity index (χ1n) is 7.06. The number of carbonyl (C=O) groups excluding carboxylic acids is 1. The molecule has 0 saturated heterocycles. The Morgan fingerprint density at radius 2 is 2.17 bits per heavy atom. The van der Waals surface area contributed by atoms with Crippen molar-refractivity contribution in [2.75, 3.05) is 18.6 Å². The van der Waals surface area contributed by atoms with Crippen molar-refractivity contribution in [3.63, 3.8) is 0 Å². The van der Waals surface area contributed by atoms with Crippen LogP contribution in [0.15, 0.2) is 28.8 Å². The van der Waals surface area contributed by atoms with Crippen LogP contribution in [0.1, 0.15) is 23.0 Å². The minimum atomic E-state index is -0.981. The lowest BCUT2D eigenvalue weighted by Crippen LogP contribution is -2.42. The molecule has 2 N–H and O–H groups in total. The maximum Gasteiger partial charge on any atom is 0.257 e. The number of hydrogen-bond acceptors (Lipinski definition) is 5. The quantitative estimate of drug-likeness (QED) is 0.833. The second-order valence-corrected chi connectivity index (χ2v) is 6.83. The summed E-state index contributed by atoms with van der Waals surface area (Å²) in [6.45, 7) is 3.49. The summed E-state index contributed by atoms with van der Waals surface area (Å²) in [5.41, 5.74) is 0.380. The molecule has 0 aliphatic rings. The SMILES string of the molecule is CSCC(C)(O)CNC(=O)c1c(-c2ccccc2Cl)noc1C. The van der Waals surface area contributed by atoms with Crippen LogP contribution in [0.4, 0.5) is 0 Å². The monoisotopic (exact) mass is 354 g/mol. The van der Waals surface area contributed by atoms with Crippen LogP contribution >= 0.6 is 23.4 Å². The summed E-state index contributed by atoms with van der Waals surface area (Å²) in [4.78, 5) is 12.5. The van der Waals surface area contributed by atoms with E-state index in [1.54, 1.807) is 32.0 Å². The highest BCUT2D eigenvalue weighted by atomic mass is 35.5. The molecule has 2 rings (SSSR count). The third-order valence-electron chi connectivity index (χ3n) is 3.30. The van der Waals surface area contributed by atoms with Gasteiger partial charge >= 0.3 is 0 Å². The van der Waals surface area contributed by atoms with E-state index < -0.39 is 5.60 Å². The molecule has 1 atom stereocenters. The Hall–Kier alpha value is -1.50. The summed E-state index contributed by atoms with van der Waals surface area (Å²) in [6.07, 6.45) is 1.90. The van der Waals surface area contributed by atoms with Crippen LogP contribution in [0.25, 0.3) is 11.3 Å². The number of rotatable bonds is 6. The van der Waals surface area contributed by atoms with E-state index in [9.17, 15) is 9.90 Å². The number of halogens is 1. The highest BCUT2D eigenvalue weighted by molar-refractivity contribution is 7.98. The van der Waals surface area contributed by atoms with Gasteiger partial charge in [0, 0.05) is 17.9 Å². The number of aryl methyl sites for hydroxylation is 1. The molecule has 7 heteroatoms. The highest BCUT2D eigenvalue weighted by Crippen LogP contribution is 2.30. The molecular weight excluding hydrogens is 336 g/mol. The zero-order valence-corrected chi connectivity index (χ0v) is 14.8. The summed E-state index contributed by atoms with van der Waals surface area (Å²) in [6, 6.07) is 7.13. The predicted octanol–water partition coefficient (Wildman–Crippen LogP) is 3.15. The van der Waals surface area contributed by atoms with E-state index in [0.717, 1.165) is 0 Å². The topological polar surface area (TPSA) is 75.4 Å². The van der Waals surface area contributed by atoms with Gasteiger partial charge in [-0.15, -0.1) is 0 Å². The zero-order chi connectivity index (χ0) is 17.0. The van der Waals surface area contributed by atoms with Gasteiger partial charge in [0.1, 0.15) is 17.0 Å². The van der Waals surface area contributed by atoms with Crippen LogP contribution in [0.2, 0.25) is 5.02 Å². The molecule has 1 aromatic carbocycles. The molecule has 0 radical (unpaired) electrons. The normalized spacial score (nSPS) is 13.6. The zero-order valence-electron chi connectivity index (χ0n) is 13.2. The Balaban J connectivity index is 2.25. The van der Waals surface area contributed by atoms with Gasteiger partial charge in [-0.05, 0) is 26.2 Å². The van der Waals surface area contributed by atoms with Gasteiger partial charge in [-0.3, -0.25) is 4.79 Å². The molecule has 0 saturated carbocycles. The van der Waals surface area contributed by atoms with Crippen molar-refractivity contribution < 1.29 is 14.4 Å². The lowest BCUT2D eigenvalue weighted by atomic mass is 10.0. The van der Waals surface area contributed by atoms with Gasteiger partial charge in [-0.25, -0.2) is 0 Å². The van der Waals surface area contributed by atoms with Crippen LogP contribution in [-0.4, -0.2) is 40.3 Å². The second-order valence-electron chi connectivity index (χ2n) is 5.55. The number of benzene rings is 1.